The Balaban J connectivity index is 1.55. The van der Waals surface area contributed by atoms with Gasteiger partial charge in [0, 0.05) is 11.6 Å². The van der Waals surface area contributed by atoms with Crippen molar-refractivity contribution in [2.75, 3.05) is 20.8 Å². The fourth-order valence-electron chi connectivity index (χ4n) is 2.60. The fraction of sp³-hybridized carbons (Fsp3) is 0.200. The number of methoxy groups -OCH3 is 2. The predicted octanol–water partition coefficient (Wildman–Crippen LogP) is 1.70. The van der Waals surface area contributed by atoms with Crippen molar-refractivity contribution in [3.63, 3.8) is 0 Å². The summed E-state index contributed by atoms with van der Waals surface area (Å²) < 4.78 is 21.6. The van der Waals surface area contributed by atoms with Crippen molar-refractivity contribution >= 4 is 17.9 Å². The first kappa shape index (κ1) is 19.1. The molecule has 0 spiro atoms. The van der Waals surface area contributed by atoms with Crippen LogP contribution in [0.5, 0.6) is 23.0 Å². The van der Waals surface area contributed by atoms with Crippen molar-refractivity contribution in [1.29, 1.82) is 0 Å². The van der Waals surface area contributed by atoms with Gasteiger partial charge in [-0.25, -0.2) is 0 Å². The third-order valence-corrected chi connectivity index (χ3v) is 3.96. The maximum atomic E-state index is 12.2. The van der Waals surface area contributed by atoms with Gasteiger partial charge < -0.3 is 18.9 Å². The standard InChI is InChI=1S/C20H20N2O6/c1-25-16-9-5-6-13(19(16)26-2)10-11-18(23)21-22-20(24)17-12-27-14-7-3-4-8-15(14)28-17/h3-11,17H,12H2,1-2H3,(H,21,23)(H,22,24)/b11-10+. The van der Waals surface area contributed by atoms with Gasteiger partial charge in [0.1, 0.15) is 6.61 Å². The van der Waals surface area contributed by atoms with E-state index in [-0.39, 0.29) is 6.61 Å². The van der Waals surface area contributed by atoms with Crippen LogP contribution < -0.4 is 29.8 Å². The Kier molecular flexibility index (Phi) is 6.01. The molecule has 2 amide bonds. The molecule has 28 heavy (non-hydrogen) atoms. The number of fused-ring (bicyclic) bond motifs is 1. The van der Waals surface area contributed by atoms with Gasteiger partial charge in [0.15, 0.2) is 23.0 Å². The van der Waals surface area contributed by atoms with E-state index in [1.807, 2.05) is 6.07 Å². The van der Waals surface area contributed by atoms with Crippen LogP contribution in [-0.4, -0.2) is 38.7 Å². The second-order valence-corrected chi connectivity index (χ2v) is 5.76. The molecule has 0 fully saturated rings. The molecule has 1 aliphatic heterocycles. The van der Waals surface area contributed by atoms with Gasteiger partial charge in [0.05, 0.1) is 14.2 Å². The zero-order chi connectivity index (χ0) is 19.9. The van der Waals surface area contributed by atoms with Gasteiger partial charge in [-0.2, -0.15) is 0 Å². The second kappa shape index (κ2) is 8.81. The lowest BCUT2D eigenvalue weighted by molar-refractivity contribution is -0.134. The summed E-state index contributed by atoms with van der Waals surface area (Å²) in [7, 11) is 3.04. The highest BCUT2D eigenvalue weighted by molar-refractivity contribution is 5.94. The van der Waals surface area contributed by atoms with E-state index in [9.17, 15) is 9.59 Å². The summed E-state index contributed by atoms with van der Waals surface area (Å²) >= 11 is 0. The lowest BCUT2D eigenvalue weighted by Crippen LogP contribution is -2.50. The number of hydrogen-bond donors (Lipinski definition) is 2. The second-order valence-electron chi connectivity index (χ2n) is 5.76. The summed E-state index contributed by atoms with van der Waals surface area (Å²) in [5.74, 6) is 1.07. The van der Waals surface area contributed by atoms with Crippen LogP contribution in [0, 0.1) is 0 Å². The largest absolute Gasteiger partial charge is 0.493 e. The van der Waals surface area contributed by atoms with Crippen LogP contribution in [0.4, 0.5) is 0 Å². The zero-order valence-corrected chi connectivity index (χ0v) is 15.4. The van der Waals surface area contributed by atoms with Gasteiger partial charge in [0.25, 0.3) is 11.8 Å². The van der Waals surface area contributed by atoms with Gasteiger partial charge in [-0.3, -0.25) is 20.4 Å². The van der Waals surface area contributed by atoms with Crippen LogP contribution in [0.15, 0.2) is 48.5 Å². The topological polar surface area (TPSA) is 95.1 Å². The highest BCUT2D eigenvalue weighted by atomic mass is 16.6. The Morgan fingerprint density at radius 1 is 1.04 bits per heavy atom. The summed E-state index contributed by atoms with van der Waals surface area (Å²) in [5.41, 5.74) is 5.28. The summed E-state index contributed by atoms with van der Waals surface area (Å²) in [4.78, 5) is 24.2. The highest BCUT2D eigenvalue weighted by Gasteiger charge is 2.27. The molecule has 1 atom stereocenters. The minimum Gasteiger partial charge on any atom is -0.493 e. The van der Waals surface area contributed by atoms with Gasteiger partial charge in [-0.1, -0.05) is 24.3 Å². The van der Waals surface area contributed by atoms with E-state index >= 15 is 0 Å². The summed E-state index contributed by atoms with van der Waals surface area (Å²) in [6.45, 7) is 0.0512. The van der Waals surface area contributed by atoms with Gasteiger partial charge in [0.2, 0.25) is 6.10 Å². The summed E-state index contributed by atoms with van der Waals surface area (Å²) in [6, 6.07) is 12.4. The number of para-hydroxylation sites is 3. The quantitative estimate of drug-likeness (QED) is 0.602. The smallest absolute Gasteiger partial charge is 0.283 e. The number of rotatable bonds is 5. The van der Waals surface area contributed by atoms with Gasteiger partial charge in [-0.05, 0) is 24.3 Å². The summed E-state index contributed by atoms with van der Waals surface area (Å²) in [6.07, 6.45) is 1.96. The number of nitrogens with one attached hydrogen (secondary N) is 2. The van der Waals surface area contributed by atoms with E-state index in [4.69, 9.17) is 18.9 Å². The van der Waals surface area contributed by atoms with Crippen molar-refractivity contribution in [1.82, 2.24) is 10.9 Å². The van der Waals surface area contributed by atoms with E-state index in [1.54, 1.807) is 42.5 Å². The SMILES string of the molecule is COc1cccc(/C=C/C(=O)NNC(=O)C2COc3ccccc3O2)c1OC. The Bertz CT molecular complexity index is 896. The Morgan fingerprint density at radius 2 is 1.82 bits per heavy atom. The lowest BCUT2D eigenvalue weighted by atomic mass is 10.1. The van der Waals surface area contributed by atoms with Crippen LogP contribution in [0.25, 0.3) is 6.08 Å². The van der Waals surface area contributed by atoms with Crippen molar-refractivity contribution in [2.45, 2.75) is 6.10 Å². The van der Waals surface area contributed by atoms with Crippen molar-refractivity contribution < 1.29 is 28.5 Å². The number of ether oxygens (including phenoxy) is 4. The third-order valence-electron chi connectivity index (χ3n) is 3.96. The first-order valence-electron chi connectivity index (χ1n) is 8.49. The minimum atomic E-state index is -0.863. The molecule has 0 aromatic heterocycles. The Morgan fingerprint density at radius 3 is 2.57 bits per heavy atom. The number of carbonyl (C=O) groups is 2. The third kappa shape index (κ3) is 4.35. The molecule has 146 valence electrons. The molecule has 2 aromatic rings. The molecule has 3 rings (SSSR count). The minimum absolute atomic E-state index is 0.0512. The lowest BCUT2D eigenvalue weighted by Gasteiger charge is -2.25. The van der Waals surface area contributed by atoms with Gasteiger partial charge in [-0.15, -0.1) is 0 Å². The molecule has 0 saturated carbocycles. The molecule has 0 aliphatic carbocycles. The first-order chi connectivity index (χ1) is 13.6. The van der Waals surface area contributed by atoms with Gasteiger partial charge >= 0.3 is 0 Å². The maximum absolute atomic E-state index is 12.2. The number of benzene rings is 2. The van der Waals surface area contributed by atoms with Crippen LogP contribution in [0.3, 0.4) is 0 Å². The molecule has 1 heterocycles. The van der Waals surface area contributed by atoms with E-state index in [0.717, 1.165) is 0 Å². The molecule has 0 radical (unpaired) electrons. The normalized spacial score (nSPS) is 15.0. The molecular weight excluding hydrogens is 364 g/mol. The number of amides is 2. The van der Waals surface area contributed by atoms with Crippen LogP contribution >= 0.6 is 0 Å². The Labute approximate surface area is 162 Å². The molecule has 2 aromatic carbocycles. The maximum Gasteiger partial charge on any atom is 0.283 e. The fourth-order valence-corrected chi connectivity index (χ4v) is 2.60. The van der Waals surface area contributed by atoms with E-state index in [1.165, 1.54) is 20.3 Å². The molecule has 1 unspecified atom stereocenters. The first-order valence-corrected chi connectivity index (χ1v) is 8.49. The van der Waals surface area contributed by atoms with Crippen LogP contribution in [0.1, 0.15) is 5.56 Å². The number of hydrogen-bond acceptors (Lipinski definition) is 6. The highest BCUT2D eigenvalue weighted by Crippen LogP contribution is 2.32. The zero-order valence-electron chi connectivity index (χ0n) is 15.4. The van der Waals surface area contributed by atoms with E-state index in [0.29, 0.717) is 28.6 Å². The molecule has 0 saturated heterocycles. The Hall–Kier alpha value is -3.68. The average Bonchev–Trinajstić information content (AvgIpc) is 2.75. The van der Waals surface area contributed by atoms with Crippen LogP contribution in [0.2, 0.25) is 0 Å². The van der Waals surface area contributed by atoms with Crippen LogP contribution in [-0.2, 0) is 9.59 Å². The molecular formula is C20H20N2O6. The monoisotopic (exact) mass is 384 g/mol. The van der Waals surface area contributed by atoms with E-state index < -0.39 is 17.9 Å². The molecule has 0 bridgehead atoms. The molecule has 2 N–H and O–H groups in total. The van der Waals surface area contributed by atoms with E-state index in [2.05, 4.69) is 10.9 Å². The number of hydrazine groups is 1. The van der Waals surface area contributed by atoms with Crippen molar-refractivity contribution in [3.05, 3.63) is 54.1 Å². The summed E-state index contributed by atoms with van der Waals surface area (Å²) in [5, 5.41) is 0. The number of carbonyl (C=O) groups excluding carboxylic acids is 2. The van der Waals surface area contributed by atoms with Crippen molar-refractivity contribution in [2.24, 2.45) is 0 Å². The predicted molar refractivity (Wildman–Crippen MR) is 101 cm³/mol. The molecule has 1 aliphatic rings. The average molecular weight is 384 g/mol. The molecule has 8 heteroatoms. The molecule has 8 nitrogen and oxygen atoms in total. The van der Waals surface area contributed by atoms with Crippen molar-refractivity contribution in [3.8, 4) is 23.0 Å².